The molecule has 1 N–H and O–H groups in total. The third kappa shape index (κ3) is 3.84. The number of anilines is 1. The lowest BCUT2D eigenvalue weighted by Gasteiger charge is -2.12. The van der Waals surface area contributed by atoms with E-state index in [4.69, 9.17) is 4.74 Å². The predicted molar refractivity (Wildman–Crippen MR) is 90.4 cm³/mol. The van der Waals surface area contributed by atoms with Crippen molar-refractivity contribution in [2.75, 3.05) is 12.4 Å². The molecule has 0 aliphatic heterocycles. The van der Waals surface area contributed by atoms with Crippen molar-refractivity contribution in [2.45, 2.75) is 0 Å². The van der Waals surface area contributed by atoms with Crippen molar-refractivity contribution in [1.29, 1.82) is 0 Å². The molecule has 3 nitrogen and oxygen atoms in total. The Kier molecular flexibility index (Phi) is 5.40. The molecule has 2 aromatic rings. The summed E-state index contributed by atoms with van der Waals surface area (Å²) in [5, 5.41) is 2.71. The van der Waals surface area contributed by atoms with E-state index in [-0.39, 0.29) is 5.56 Å². The summed E-state index contributed by atoms with van der Waals surface area (Å²) < 4.78 is 20.4. The third-order valence-electron chi connectivity index (χ3n) is 2.66. The summed E-state index contributed by atoms with van der Waals surface area (Å²) in [6.07, 6.45) is 0. The molecule has 2 rings (SSSR count). The van der Waals surface area contributed by atoms with Gasteiger partial charge in [0.25, 0.3) is 5.91 Å². The number of benzene rings is 2. The Bertz CT molecular complexity index is 707. The first-order valence-electron chi connectivity index (χ1n) is 5.72. The van der Waals surface area contributed by atoms with Crippen LogP contribution in [-0.4, -0.2) is 13.0 Å². The van der Waals surface area contributed by atoms with Gasteiger partial charge in [0, 0.05) is 15.0 Å². The fraction of sp³-hybridized carbons (Fsp3) is 0.0714. The molecule has 0 heterocycles. The average Bonchev–Trinajstić information content (AvgIpc) is 2.44. The number of ether oxygens (including phenoxy) is 1. The molecule has 0 aliphatic carbocycles. The Labute approximate surface area is 146 Å². The number of amides is 1. The minimum Gasteiger partial charge on any atom is -0.495 e. The lowest BCUT2D eigenvalue weighted by atomic mass is 10.2. The second-order valence-electron chi connectivity index (χ2n) is 4.04. The van der Waals surface area contributed by atoms with Gasteiger partial charge in [-0.3, -0.25) is 4.79 Å². The van der Waals surface area contributed by atoms with Crippen molar-refractivity contribution < 1.29 is 13.9 Å². The van der Waals surface area contributed by atoms with Crippen molar-refractivity contribution >= 4 is 59.4 Å². The molecule has 2 aromatic carbocycles. The molecular weight excluding hydrogens is 473 g/mol. The molecule has 0 aliphatic rings. The van der Waals surface area contributed by atoms with Gasteiger partial charge in [-0.15, -0.1) is 0 Å². The van der Waals surface area contributed by atoms with Crippen LogP contribution in [0.3, 0.4) is 0 Å². The highest BCUT2D eigenvalue weighted by Gasteiger charge is 2.14. The van der Waals surface area contributed by atoms with Gasteiger partial charge in [-0.25, -0.2) is 4.39 Å². The average molecular weight is 482 g/mol. The molecule has 0 saturated carbocycles. The number of hydrogen-bond acceptors (Lipinski definition) is 2. The van der Waals surface area contributed by atoms with E-state index in [1.807, 2.05) is 0 Å². The molecule has 0 saturated heterocycles. The van der Waals surface area contributed by atoms with Crippen LogP contribution in [0.4, 0.5) is 10.1 Å². The number of methoxy groups -OCH3 is 1. The van der Waals surface area contributed by atoms with E-state index in [9.17, 15) is 9.18 Å². The number of rotatable bonds is 3. The van der Waals surface area contributed by atoms with Gasteiger partial charge in [0.2, 0.25) is 0 Å². The maximum absolute atomic E-state index is 13.3. The zero-order valence-electron chi connectivity index (χ0n) is 10.7. The number of carbonyl (C=O) groups excluding carboxylic acids is 1. The quantitative estimate of drug-likeness (QED) is 0.639. The van der Waals surface area contributed by atoms with Crippen molar-refractivity contribution in [2.24, 2.45) is 0 Å². The van der Waals surface area contributed by atoms with Gasteiger partial charge >= 0.3 is 0 Å². The van der Waals surface area contributed by atoms with Gasteiger partial charge in [0.15, 0.2) is 0 Å². The zero-order chi connectivity index (χ0) is 15.6. The van der Waals surface area contributed by atoms with Gasteiger partial charge in [-0.05, 0) is 72.1 Å². The molecule has 0 spiro atoms. The maximum atomic E-state index is 13.3. The highest BCUT2D eigenvalue weighted by Crippen LogP contribution is 2.35. The van der Waals surface area contributed by atoms with Gasteiger partial charge in [-0.2, -0.15) is 0 Å². The van der Waals surface area contributed by atoms with Crippen LogP contribution in [0.25, 0.3) is 0 Å². The van der Waals surface area contributed by atoms with Crippen molar-refractivity contribution in [1.82, 2.24) is 0 Å². The number of nitrogens with one attached hydrogen (secondary N) is 1. The van der Waals surface area contributed by atoms with Crippen LogP contribution in [0.15, 0.2) is 43.7 Å². The van der Waals surface area contributed by atoms with Gasteiger partial charge in [0.05, 0.1) is 22.8 Å². The van der Waals surface area contributed by atoms with E-state index in [2.05, 4.69) is 53.1 Å². The molecule has 21 heavy (non-hydrogen) atoms. The fourth-order valence-electron chi connectivity index (χ4n) is 1.64. The highest BCUT2D eigenvalue weighted by molar-refractivity contribution is 9.11. The lowest BCUT2D eigenvalue weighted by Crippen LogP contribution is -2.13. The lowest BCUT2D eigenvalue weighted by molar-refractivity contribution is 0.102. The largest absolute Gasteiger partial charge is 0.495 e. The molecule has 110 valence electrons. The Morgan fingerprint density at radius 2 is 1.81 bits per heavy atom. The van der Waals surface area contributed by atoms with Crippen LogP contribution in [0.5, 0.6) is 5.75 Å². The van der Waals surface area contributed by atoms with E-state index in [1.54, 1.807) is 12.1 Å². The normalized spacial score (nSPS) is 10.3. The van der Waals surface area contributed by atoms with Gasteiger partial charge in [0.1, 0.15) is 11.6 Å². The smallest absolute Gasteiger partial charge is 0.256 e. The summed E-state index contributed by atoms with van der Waals surface area (Å²) in [4.78, 5) is 12.2. The number of halogens is 4. The van der Waals surface area contributed by atoms with Crippen LogP contribution in [-0.2, 0) is 0 Å². The Morgan fingerprint density at radius 3 is 2.48 bits per heavy atom. The second-order valence-corrected chi connectivity index (χ2v) is 6.61. The van der Waals surface area contributed by atoms with Crippen molar-refractivity contribution in [3.63, 3.8) is 0 Å². The van der Waals surface area contributed by atoms with Gasteiger partial charge < -0.3 is 10.1 Å². The van der Waals surface area contributed by atoms with Crippen LogP contribution in [0.2, 0.25) is 0 Å². The van der Waals surface area contributed by atoms with E-state index < -0.39 is 11.7 Å². The molecule has 1 amide bonds. The molecular formula is C14H9Br3FNO2. The van der Waals surface area contributed by atoms with E-state index in [0.717, 1.165) is 4.47 Å². The Hall–Kier alpha value is -0.920. The first kappa shape index (κ1) is 16.5. The summed E-state index contributed by atoms with van der Waals surface area (Å²) in [6, 6.07) is 7.36. The standard InChI is InChI=1S/C14H9Br3FNO2/c1-21-13-6-12(10(16)5-11(13)17)19-14(20)8-4-7(18)2-3-9(8)15/h2-6H,1H3,(H,19,20). The van der Waals surface area contributed by atoms with E-state index in [0.29, 0.717) is 20.4 Å². The molecule has 0 fully saturated rings. The molecule has 0 radical (unpaired) electrons. The molecule has 0 aromatic heterocycles. The SMILES string of the molecule is COc1cc(NC(=O)c2cc(F)ccc2Br)c(Br)cc1Br. The van der Waals surface area contributed by atoms with Gasteiger partial charge in [-0.1, -0.05) is 0 Å². The minimum atomic E-state index is -0.476. The fourth-order valence-corrected chi connectivity index (χ4v) is 3.32. The Balaban J connectivity index is 2.33. The summed E-state index contributed by atoms with van der Waals surface area (Å²) in [6.45, 7) is 0. The summed E-state index contributed by atoms with van der Waals surface area (Å²) >= 11 is 9.94. The molecule has 7 heteroatoms. The maximum Gasteiger partial charge on any atom is 0.256 e. The van der Waals surface area contributed by atoms with Crippen molar-refractivity contribution in [3.05, 3.63) is 55.1 Å². The molecule has 0 atom stereocenters. The molecule has 0 bridgehead atoms. The second kappa shape index (κ2) is 6.89. The first-order valence-corrected chi connectivity index (χ1v) is 8.09. The van der Waals surface area contributed by atoms with Crippen LogP contribution in [0, 0.1) is 5.82 Å². The highest BCUT2D eigenvalue weighted by atomic mass is 79.9. The summed E-state index contributed by atoms with van der Waals surface area (Å²) in [5.74, 6) is -0.325. The topological polar surface area (TPSA) is 38.3 Å². The summed E-state index contributed by atoms with van der Waals surface area (Å²) in [5.41, 5.74) is 0.736. The minimum absolute atomic E-state index is 0.212. The molecule has 0 unspecified atom stereocenters. The van der Waals surface area contributed by atoms with E-state index in [1.165, 1.54) is 25.3 Å². The van der Waals surface area contributed by atoms with E-state index >= 15 is 0 Å². The number of hydrogen-bond donors (Lipinski definition) is 1. The number of carbonyl (C=O) groups is 1. The van der Waals surface area contributed by atoms with Crippen molar-refractivity contribution in [3.8, 4) is 5.75 Å². The summed E-state index contributed by atoms with van der Waals surface area (Å²) in [7, 11) is 1.53. The predicted octanol–water partition coefficient (Wildman–Crippen LogP) is 5.37. The Morgan fingerprint density at radius 1 is 1.10 bits per heavy atom. The monoisotopic (exact) mass is 479 g/mol. The van der Waals surface area contributed by atoms with Crippen LogP contribution >= 0.6 is 47.8 Å². The third-order valence-corrected chi connectivity index (χ3v) is 4.63. The van der Waals surface area contributed by atoms with Crippen LogP contribution in [0.1, 0.15) is 10.4 Å². The zero-order valence-corrected chi connectivity index (χ0v) is 15.5. The van der Waals surface area contributed by atoms with Crippen LogP contribution < -0.4 is 10.1 Å². The first-order chi connectivity index (χ1) is 9.92.